The van der Waals surface area contributed by atoms with Gasteiger partial charge in [0.15, 0.2) is 0 Å². The third-order valence-corrected chi connectivity index (χ3v) is 4.66. The summed E-state index contributed by atoms with van der Waals surface area (Å²) < 4.78 is 11.5. The zero-order valence-electron chi connectivity index (χ0n) is 13.9. The lowest BCUT2D eigenvalue weighted by Gasteiger charge is -2.42. The molecule has 2 aliphatic heterocycles. The molecule has 2 heterocycles. The molecule has 1 amide bonds. The van der Waals surface area contributed by atoms with Gasteiger partial charge >= 0.3 is 5.97 Å². The molecule has 0 aromatic heterocycles. The van der Waals surface area contributed by atoms with E-state index in [1.54, 1.807) is 24.3 Å². The molecule has 1 aromatic rings. The summed E-state index contributed by atoms with van der Waals surface area (Å²) in [6, 6.07) is 6.68. The number of rotatable bonds is 4. The molecule has 1 N–H and O–H groups in total. The first-order valence-electron chi connectivity index (χ1n) is 8.33. The minimum atomic E-state index is -0.941. The van der Waals surface area contributed by atoms with Crippen molar-refractivity contribution in [3.8, 4) is 0 Å². The maximum Gasteiger partial charge on any atom is 0.335 e. The largest absolute Gasteiger partial charge is 0.478 e. The van der Waals surface area contributed by atoms with Crippen molar-refractivity contribution in [3.63, 3.8) is 0 Å². The summed E-state index contributed by atoms with van der Waals surface area (Å²) in [7, 11) is 0. The Morgan fingerprint density at radius 3 is 2.71 bits per heavy atom. The molecule has 2 saturated heterocycles. The zero-order chi connectivity index (χ0) is 17.2. The van der Waals surface area contributed by atoms with E-state index in [0.29, 0.717) is 39.1 Å². The summed E-state index contributed by atoms with van der Waals surface area (Å²) in [5.74, 6) is -0.831. The van der Waals surface area contributed by atoms with Crippen LogP contribution in [0.15, 0.2) is 24.3 Å². The maximum absolute atomic E-state index is 12.6. The van der Waals surface area contributed by atoms with Gasteiger partial charge in [-0.1, -0.05) is 12.1 Å². The number of aryl methyl sites for hydroxylation is 1. The van der Waals surface area contributed by atoms with Gasteiger partial charge in [0.2, 0.25) is 5.91 Å². The topological polar surface area (TPSA) is 76.1 Å². The van der Waals surface area contributed by atoms with Gasteiger partial charge in [-0.05, 0) is 31.0 Å². The fourth-order valence-electron chi connectivity index (χ4n) is 3.44. The lowest BCUT2D eigenvalue weighted by molar-refractivity contribution is -0.166. The number of carboxylic acids is 1. The molecular weight excluding hydrogens is 310 g/mol. The van der Waals surface area contributed by atoms with Gasteiger partial charge in [-0.2, -0.15) is 0 Å². The summed E-state index contributed by atoms with van der Waals surface area (Å²) >= 11 is 0. The second-order valence-electron chi connectivity index (χ2n) is 6.69. The summed E-state index contributed by atoms with van der Waals surface area (Å²) in [5, 5.41) is 8.91. The van der Waals surface area contributed by atoms with Crippen LogP contribution < -0.4 is 0 Å². The van der Waals surface area contributed by atoms with Crippen LogP contribution in [0.5, 0.6) is 0 Å². The maximum atomic E-state index is 12.6. The van der Waals surface area contributed by atoms with Crippen LogP contribution in [0.2, 0.25) is 0 Å². The number of aromatic carboxylic acids is 1. The molecule has 0 saturated carbocycles. The number of morpholine rings is 1. The number of carbonyl (C=O) groups excluding carboxylic acids is 1. The Balaban J connectivity index is 1.57. The standard InChI is InChI=1S/C18H23NO5/c1-13-10-19(11-18(24-13)8-9-23-12-18)16(20)7-4-14-2-5-15(6-3-14)17(21)22/h2-3,5-6,13H,4,7-12H2,1H3,(H,21,22)/t13-,18+/m1/s1. The van der Waals surface area contributed by atoms with Crippen molar-refractivity contribution in [3.05, 3.63) is 35.4 Å². The minimum absolute atomic E-state index is 0.0132. The highest BCUT2D eigenvalue weighted by Gasteiger charge is 2.43. The van der Waals surface area contributed by atoms with Crippen molar-refractivity contribution in [2.75, 3.05) is 26.3 Å². The molecule has 0 aliphatic carbocycles. The van der Waals surface area contributed by atoms with Crippen molar-refractivity contribution in [1.82, 2.24) is 4.90 Å². The number of nitrogens with zero attached hydrogens (tertiary/aromatic N) is 1. The number of ether oxygens (including phenoxy) is 2. The van der Waals surface area contributed by atoms with Crippen molar-refractivity contribution in [2.45, 2.75) is 37.9 Å². The Morgan fingerprint density at radius 2 is 2.08 bits per heavy atom. The van der Waals surface area contributed by atoms with Crippen LogP contribution in [0.1, 0.15) is 35.7 Å². The van der Waals surface area contributed by atoms with Crippen molar-refractivity contribution < 1.29 is 24.2 Å². The minimum Gasteiger partial charge on any atom is -0.478 e. The second-order valence-corrected chi connectivity index (χ2v) is 6.69. The first-order chi connectivity index (χ1) is 11.5. The number of carbonyl (C=O) groups is 2. The van der Waals surface area contributed by atoms with E-state index < -0.39 is 5.97 Å². The quantitative estimate of drug-likeness (QED) is 0.908. The van der Waals surface area contributed by atoms with Gasteiger partial charge < -0.3 is 19.5 Å². The van der Waals surface area contributed by atoms with E-state index in [1.807, 2.05) is 11.8 Å². The normalized spacial score (nSPS) is 26.7. The van der Waals surface area contributed by atoms with Gasteiger partial charge in [0.25, 0.3) is 0 Å². The molecule has 2 atom stereocenters. The van der Waals surface area contributed by atoms with E-state index in [1.165, 1.54) is 0 Å². The number of hydrogen-bond donors (Lipinski definition) is 1. The van der Waals surface area contributed by atoms with Crippen LogP contribution in [0, 0.1) is 0 Å². The molecule has 2 fully saturated rings. The fourth-order valence-corrected chi connectivity index (χ4v) is 3.44. The van der Waals surface area contributed by atoms with Gasteiger partial charge in [-0.15, -0.1) is 0 Å². The number of benzene rings is 1. The highest BCUT2D eigenvalue weighted by atomic mass is 16.6. The van der Waals surface area contributed by atoms with Gasteiger partial charge in [0.05, 0.1) is 24.8 Å². The summed E-state index contributed by atoms with van der Waals surface area (Å²) in [6.07, 6.45) is 1.86. The molecule has 0 unspecified atom stereocenters. The summed E-state index contributed by atoms with van der Waals surface area (Å²) in [5.41, 5.74) is 0.889. The highest BCUT2D eigenvalue weighted by Crippen LogP contribution is 2.30. The van der Waals surface area contributed by atoms with Crippen LogP contribution in [-0.2, 0) is 20.7 Å². The predicted molar refractivity (Wildman–Crippen MR) is 87.0 cm³/mol. The molecule has 0 bridgehead atoms. The van der Waals surface area contributed by atoms with Crippen LogP contribution in [-0.4, -0.2) is 59.9 Å². The highest BCUT2D eigenvalue weighted by molar-refractivity contribution is 5.87. The van der Waals surface area contributed by atoms with Crippen LogP contribution in [0.4, 0.5) is 0 Å². The first kappa shape index (κ1) is 16.9. The number of hydrogen-bond acceptors (Lipinski definition) is 4. The second kappa shape index (κ2) is 6.91. The Morgan fingerprint density at radius 1 is 1.33 bits per heavy atom. The van der Waals surface area contributed by atoms with E-state index in [9.17, 15) is 9.59 Å². The molecule has 6 nitrogen and oxygen atoms in total. The Labute approximate surface area is 141 Å². The third-order valence-electron chi connectivity index (χ3n) is 4.66. The molecule has 3 rings (SSSR count). The van der Waals surface area contributed by atoms with Gasteiger partial charge in [-0.3, -0.25) is 4.79 Å². The van der Waals surface area contributed by atoms with Crippen molar-refractivity contribution in [1.29, 1.82) is 0 Å². The fraction of sp³-hybridized carbons (Fsp3) is 0.556. The molecule has 1 spiro atoms. The molecule has 130 valence electrons. The summed E-state index contributed by atoms with van der Waals surface area (Å²) in [4.78, 5) is 25.3. The average Bonchev–Trinajstić information content (AvgIpc) is 2.99. The molecule has 0 radical (unpaired) electrons. The van der Waals surface area contributed by atoms with E-state index >= 15 is 0 Å². The SMILES string of the molecule is C[C@@H]1CN(C(=O)CCc2ccc(C(=O)O)cc2)C[C@]2(CCOC2)O1. The monoisotopic (exact) mass is 333 g/mol. The van der Waals surface area contributed by atoms with Crippen LogP contribution in [0.25, 0.3) is 0 Å². The molecule has 1 aromatic carbocycles. The van der Waals surface area contributed by atoms with E-state index in [2.05, 4.69) is 0 Å². The Bertz CT molecular complexity index is 606. The lowest BCUT2D eigenvalue weighted by Crippen LogP contribution is -2.57. The molecule has 24 heavy (non-hydrogen) atoms. The van der Waals surface area contributed by atoms with Gasteiger partial charge in [0, 0.05) is 26.0 Å². The smallest absolute Gasteiger partial charge is 0.335 e. The van der Waals surface area contributed by atoms with Crippen LogP contribution in [0.3, 0.4) is 0 Å². The number of amides is 1. The van der Waals surface area contributed by atoms with Crippen molar-refractivity contribution >= 4 is 11.9 Å². The average molecular weight is 333 g/mol. The van der Waals surface area contributed by atoms with E-state index in [0.717, 1.165) is 12.0 Å². The first-order valence-corrected chi connectivity index (χ1v) is 8.33. The summed E-state index contributed by atoms with van der Waals surface area (Å²) in [6.45, 7) is 4.43. The molecular formula is C18H23NO5. The molecule has 2 aliphatic rings. The van der Waals surface area contributed by atoms with Crippen LogP contribution >= 0.6 is 0 Å². The predicted octanol–water partition coefficient (Wildman–Crippen LogP) is 1.72. The third kappa shape index (κ3) is 3.76. The lowest BCUT2D eigenvalue weighted by atomic mass is 9.98. The van der Waals surface area contributed by atoms with Gasteiger partial charge in [0.1, 0.15) is 5.60 Å². The van der Waals surface area contributed by atoms with Crippen molar-refractivity contribution in [2.24, 2.45) is 0 Å². The molecule has 6 heteroatoms. The zero-order valence-corrected chi connectivity index (χ0v) is 13.9. The van der Waals surface area contributed by atoms with E-state index in [-0.39, 0.29) is 23.2 Å². The van der Waals surface area contributed by atoms with E-state index in [4.69, 9.17) is 14.6 Å². The Kier molecular flexibility index (Phi) is 4.87. The number of carboxylic acid groups (broad SMARTS) is 1. The Hall–Kier alpha value is -1.92. The van der Waals surface area contributed by atoms with Gasteiger partial charge in [-0.25, -0.2) is 4.79 Å².